The minimum Gasteiger partial charge on any atom is -0.454 e. The Morgan fingerprint density at radius 2 is 0.908 bits per heavy atom. The van der Waals surface area contributed by atoms with Crippen LogP contribution in [0.1, 0.15) is 290 Å². The Kier molecular flexibility index (Phi) is 50.2. The molecule has 1 fully saturated rings. The van der Waals surface area contributed by atoms with Gasteiger partial charge in [0.1, 0.15) is 24.4 Å². The summed E-state index contributed by atoms with van der Waals surface area (Å²) >= 11 is 0. The molecule has 1 aliphatic rings. The maximum atomic E-state index is 13.4. The Morgan fingerprint density at radius 1 is 0.513 bits per heavy atom. The van der Waals surface area contributed by atoms with Crippen LogP contribution in [-0.4, -0.2) is 99.6 Å². The number of unbranched alkanes of at least 4 members (excludes halogenated alkanes) is 34. The monoisotopic (exact) mass is 1070 g/mol. The number of hydrogen-bond donors (Lipinski definition) is 6. The molecular formula is C65H119NO10. The third-order valence-electron chi connectivity index (χ3n) is 15.0. The number of nitrogens with one attached hydrogen (secondary N) is 1. The van der Waals surface area contributed by atoms with Crippen LogP contribution < -0.4 is 5.32 Å². The van der Waals surface area contributed by atoms with Crippen molar-refractivity contribution in [3.63, 3.8) is 0 Å². The van der Waals surface area contributed by atoms with Crippen LogP contribution in [0, 0.1) is 0 Å². The van der Waals surface area contributed by atoms with Gasteiger partial charge in [-0.05, 0) is 83.5 Å². The number of carbonyl (C=O) groups is 2. The second-order valence-corrected chi connectivity index (χ2v) is 22.1. The average molecular weight is 1070 g/mol. The maximum Gasteiger partial charge on any atom is 0.306 e. The highest BCUT2D eigenvalue weighted by Gasteiger charge is 2.47. The molecule has 6 N–H and O–H groups in total. The van der Waals surface area contributed by atoms with Gasteiger partial charge in [0.25, 0.3) is 0 Å². The highest BCUT2D eigenvalue weighted by atomic mass is 16.7. The number of aliphatic hydroxyl groups is 5. The number of rotatable bonds is 54. The molecule has 76 heavy (non-hydrogen) atoms. The fraction of sp³-hybridized carbons (Fsp3) is 0.846. The number of ether oxygens (including phenoxy) is 3. The Labute approximate surface area is 466 Å². The van der Waals surface area contributed by atoms with Crippen LogP contribution >= 0.6 is 0 Å². The van der Waals surface area contributed by atoms with Gasteiger partial charge in [-0.1, -0.05) is 249 Å². The summed E-state index contributed by atoms with van der Waals surface area (Å²) in [5.41, 5.74) is 0. The van der Waals surface area contributed by atoms with Crippen LogP contribution in [0.15, 0.2) is 48.6 Å². The highest BCUT2D eigenvalue weighted by molar-refractivity contribution is 5.80. The summed E-state index contributed by atoms with van der Waals surface area (Å²) in [6.45, 7) is 5.76. The van der Waals surface area contributed by atoms with E-state index < -0.39 is 67.4 Å². The van der Waals surface area contributed by atoms with Gasteiger partial charge in [-0.15, -0.1) is 0 Å². The predicted octanol–water partition coefficient (Wildman–Crippen LogP) is 15.2. The Bertz CT molecular complexity index is 1420. The van der Waals surface area contributed by atoms with E-state index in [2.05, 4.69) is 62.5 Å². The van der Waals surface area contributed by atoms with E-state index in [1.165, 1.54) is 173 Å². The lowest BCUT2D eigenvalue weighted by Gasteiger charge is -2.41. The quantitative estimate of drug-likeness (QED) is 0.0195. The van der Waals surface area contributed by atoms with Gasteiger partial charge in [-0.25, -0.2) is 0 Å². The molecule has 1 saturated heterocycles. The van der Waals surface area contributed by atoms with Gasteiger partial charge in [0.2, 0.25) is 5.91 Å². The van der Waals surface area contributed by atoms with Crippen molar-refractivity contribution in [1.29, 1.82) is 0 Å². The Balaban J connectivity index is 2.64. The molecule has 8 atom stereocenters. The summed E-state index contributed by atoms with van der Waals surface area (Å²) in [6, 6.07) is -1.03. The Morgan fingerprint density at radius 3 is 1.38 bits per heavy atom. The fourth-order valence-electron chi connectivity index (χ4n) is 9.85. The zero-order valence-electron chi connectivity index (χ0n) is 49.1. The molecule has 0 bridgehead atoms. The normalized spacial score (nSPS) is 19.4. The molecule has 8 unspecified atom stereocenters. The molecule has 1 heterocycles. The SMILES string of the molecule is CCCCC/C=C\C/C=C\CCCCCCCCCCCCCCC(O)C(=O)NC(COC1OC(CO)C(O)C(O)C1OC(=O)CCCCC/C=C\CCCCCCCC)C(O)/C=C/CCCCCCCCCCCC. The van der Waals surface area contributed by atoms with E-state index in [1.807, 2.05) is 6.08 Å². The maximum absolute atomic E-state index is 13.4. The molecule has 1 rings (SSSR count). The van der Waals surface area contributed by atoms with Crippen LogP contribution in [-0.2, 0) is 23.8 Å². The number of amides is 1. The van der Waals surface area contributed by atoms with Crippen LogP contribution in [0.2, 0.25) is 0 Å². The van der Waals surface area contributed by atoms with Gasteiger partial charge >= 0.3 is 5.97 Å². The van der Waals surface area contributed by atoms with Gasteiger partial charge < -0.3 is 45.1 Å². The first kappa shape index (κ1) is 71.6. The van der Waals surface area contributed by atoms with Gasteiger partial charge in [0, 0.05) is 6.42 Å². The van der Waals surface area contributed by atoms with E-state index in [1.54, 1.807) is 6.08 Å². The topological polar surface area (TPSA) is 175 Å². The van der Waals surface area contributed by atoms with Gasteiger partial charge in [0.15, 0.2) is 12.4 Å². The fourth-order valence-corrected chi connectivity index (χ4v) is 9.85. The van der Waals surface area contributed by atoms with E-state index in [-0.39, 0.29) is 19.4 Å². The summed E-state index contributed by atoms with van der Waals surface area (Å²) in [4.78, 5) is 26.5. The molecule has 1 amide bonds. The van der Waals surface area contributed by atoms with Crippen LogP contribution in [0.25, 0.3) is 0 Å². The van der Waals surface area contributed by atoms with Gasteiger partial charge in [-0.3, -0.25) is 9.59 Å². The van der Waals surface area contributed by atoms with Crippen molar-refractivity contribution >= 4 is 11.9 Å². The van der Waals surface area contributed by atoms with Crippen molar-refractivity contribution in [3.8, 4) is 0 Å². The summed E-state index contributed by atoms with van der Waals surface area (Å²) in [5.74, 6) is -1.21. The molecule has 444 valence electrons. The highest BCUT2D eigenvalue weighted by Crippen LogP contribution is 2.26. The van der Waals surface area contributed by atoms with Crippen molar-refractivity contribution in [2.75, 3.05) is 13.2 Å². The lowest BCUT2D eigenvalue weighted by Crippen LogP contribution is -2.61. The lowest BCUT2D eigenvalue weighted by molar-refractivity contribution is -0.305. The van der Waals surface area contributed by atoms with Crippen LogP contribution in [0.3, 0.4) is 0 Å². The molecule has 0 spiro atoms. The number of aliphatic hydroxyl groups excluding tert-OH is 5. The minimum absolute atomic E-state index is 0.104. The van der Waals surface area contributed by atoms with E-state index >= 15 is 0 Å². The van der Waals surface area contributed by atoms with Crippen molar-refractivity contribution in [3.05, 3.63) is 48.6 Å². The number of hydrogen-bond acceptors (Lipinski definition) is 10. The smallest absolute Gasteiger partial charge is 0.306 e. The summed E-state index contributed by atoms with van der Waals surface area (Å²) < 4.78 is 17.6. The molecule has 0 aromatic heterocycles. The molecule has 0 aliphatic carbocycles. The molecule has 0 saturated carbocycles. The first-order valence-electron chi connectivity index (χ1n) is 31.9. The summed E-state index contributed by atoms with van der Waals surface area (Å²) in [7, 11) is 0. The molecule has 0 radical (unpaired) electrons. The van der Waals surface area contributed by atoms with Crippen molar-refractivity contribution in [1.82, 2.24) is 5.32 Å². The second kappa shape index (κ2) is 53.3. The van der Waals surface area contributed by atoms with Crippen molar-refractivity contribution in [2.45, 2.75) is 339 Å². The summed E-state index contributed by atoms with van der Waals surface area (Å²) in [5, 5.41) is 57.0. The van der Waals surface area contributed by atoms with Crippen molar-refractivity contribution < 1.29 is 49.3 Å². The standard InChI is InChI=1S/C65H119NO10/c1-4-7-10-13-16-19-22-25-26-27-28-29-30-31-32-33-35-37-40-43-46-49-52-58(69)64(73)66-56(57(68)51-48-45-42-39-36-24-21-18-15-12-9-6-3)55-74-65-63(62(72)61(71)59(54-67)75-65)76-60(70)53-50-47-44-41-38-34-23-20-17-14-11-8-5-2/h16,19,25-26,34,38,48,51,56-59,61-63,65,67-69,71-72H,4-15,17-18,20-24,27-33,35-37,39-47,49-50,52-55H2,1-3H3,(H,66,73)/b19-16-,26-25-,38-34-,51-48+. The molecule has 0 aromatic rings. The van der Waals surface area contributed by atoms with E-state index in [0.29, 0.717) is 12.8 Å². The predicted molar refractivity (Wildman–Crippen MR) is 315 cm³/mol. The van der Waals surface area contributed by atoms with E-state index in [9.17, 15) is 35.1 Å². The average Bonchev–Trinajstić information content (AvgIpc) is 3.42. The third-order valence-corrected chi connectivity index (χ3v) is 15.0. The van der Waals surface area contributed by atoms with Crippen LogP contribution in [0.4, 0.5) is 0 Å². The zero-order valence-corrected chi connectivity index (χ0v) is 49.1. The lowest BCUT2D eigenvalue weighted by atomic mass is 9.99. The van der Waals surface area contributed by atoms with E-state index in [0.717, 1.165) is 70.6 Å². The molecule has 0 aromatic carbocycles. The zero-order chi connectivity index (χ0) is 55.4. The van der Waals surface area contributed by atoms with E-state index in [4.69, 9.17) is 14.2 Å². The van der Waals surface area contributed by atoms with Gasteiger partial charge in [0.05, 0.1) is 25.4 Å². The Hall–Kier alpha value is -2.38. The molecule has 1 aliphatic heterocycles. The third kappa shape index (κ3) is 40.8. The number of esters is 1. The summed E-state index contributed by atoms with van der Waals surface area (Å²) in [6.07, 6.45) is 54.4. The molecular weight excluding hydrogens is 955 g/mol. The molecule has 11 nitrogen and oxygen atoms in total. The van der Waals surface area contributed by atoms with Crippen molar-refractivity contribution in [2.24, 2.45) is 0 Å². The first-order chi connectivity index (χ1) is 37.2. The number of allylic oxidation sites excluding steroid dienone is 7. The first-order valence-corrected chi connectivity index (χ1v) is 31.9. The largest absolute Gasteiger partial charge is 0.454 e. The second-order valence-electron chi connectivity index (χ2n) is 22.1. The molecule has 11 heteroatoms. The van der Waals surface area contributed by atoms with Gasteiger partial charge in [-0.2, -0.15) is 0 Å². The number of carbonyl (C=O) groups excluding carboxylic acids is 2. The minimum atomic E-state index is -1.62. The van der Waals surface area contributed by atoms with Crippen LogP contribution in [0.5, 0.6) is 0 Å².